The summed E-state index contributed by atoms with van der Waals surface area (Å²) in [5.41, 5.74) is -0.811. The first-order valence-corrected chi connectivity index (χ1v) is 3.66. The van der Waals surface area contributed by atoms with E-state index in [-0.39, 0.29) is 0 Å². The van der Waals surface area contributed by atoms with E-state index in [0.29, 0.717) is 13.0 Å². The van der Waals surface area contributed by atoms with Crippen LogP contribution in [0.15, 0.2) is 12.7 Å². The Morgan fingerprint density at radius 1 is 1.82 bits per heavy atom. The van der Waals surface area contributed by atoms with E-state index in [0.717, 1.165) is 0 Å². The Morgan fingerprint density at radius 3 is 2.64 bits per heavy atom. The van der Waals surface area contributed by atoms with Gasteiger partial charge in [-0.3, -0.25) is 10.1 Å². The summed E-state index contributed by atoms with van der Waals surface area (Å²) >= 11 is 0. The normalized spacial score (nSPS) is 15.5. The van der Waals surface area contributed by atoms with E-state index in [1.165, 1.54) is 0 Å². The van der Waals surface area contributed by atoms with Crippen LogP contribution in [0.2, 0.25) is 0 Å². The zero-order valence-electron chi connectivity index (χ0n) is 7.05. The summed E-state index contributed by atoms with van der Waals surface area (Å²) in [6.45, 7) is 7.53. The molecule has 0 aromatic heterocycles. The highest BCUT2D eigenvalue weighted by Gasteiger charge is 2.29. The fourth-order valence-electron chi connectivity index (χ4n) is 0.649. The summed E-state index contributed by atoms with van der Waals surface area (Å²) < 4.78 is 0. The fraction of sp³-hybridized carbons (Fsp3) is 0.625. The number of rotatable bonds is 5. The number of hydrogen-bond donors (Lipinski definition) is 2. The van der Waals surface area contributed by atoms with Crippen LogP contribution in [-0.2, 0) is 4.79 Å². The molecule has 2 N–H and O–H groups in total. The smallest absolute Gasteiger partial charge is 0.323 e. The van der Waals surface area contributed by atoms with Gasteiger partial charge in [0.1, 0.15) is 5.54 Å². The minimum atomic E-state index is -0.818. The van der Waals surface area contributed by atoms with Gasteiger partial charge >= 0.3 is 5.97 Å². The van der Waals surface area contributed by atoms with Gasteiger partial charge in [0.05, 0.1) is 0 Å². The van der Waals surface area contributed by atoms with E-state index in [4.69, 9.17) is 5.11 Å². The van der Waals surface area contributed by atoms with Crippen LogP contribution in [0.4, 0.5) is 0 Å². The van der Waals surface area contributed by atoms with Gasteiger partial charge in [0, 0.05) is 6.54 Å². The summed E-state index contributed by atoms with van der Waals surface area (Å²) in [7, 11) is 0. The Balaban J connectivity index is 4.09. The summed E-state index contributed by atoms with van der Waals surface area (Å²) in [5.74, 6) is -0.818. The number of aliphatic carboxylic acids is 1. The van der Waals surface area contributed by atoms with Crippen molar-refractivity contribution in [2.45, 2.75) is 25.8 Å². The summed E-state index contributed by atoms with van der Waals surface area (Å²) in [4.78, 5) is 10.7. The van der Waals surface area contributed by atoms with Crippen molar-refractivity contribution >= 4 is 5.97 Å². The van der Waals surface area contributed by atoms with E-state index in [1.54, 1.807) is 13.0 Å². The Kier molecular flexibility index (Phi) is 3.82. The monoisotopic (exact) mass is 157 g/mol. The molecule has 3 heteroatoms. The van der Waals surface area contributed by atoms with Gasteiger partial charge in [-0.1, -0.05) is 13.0 Å². The summed E-state index contributed by atoms with van der Waals surface area (Å²) in [5, 5.41) is 11.6. The molecule has 0 rings (SSSR count). The SMILES string of the molecule is C=CCNC(C)(CC)C(=O)O. The predicted molar refractivity (Wildman–Crippen MR) is 44.5 cm³/mol. The Morgan fingerprint density at radius 2 is 2.36 bits per heavy atom. The van der Waals surface area contributed by atoms with Crippen LogP contribution >= 0.6 is 0 Å². The molecule has 3 nitrogen and oxygen atoms in total. The third kappa shape index (κ3) is 2.72. The minimum absolute atomic E-state index is 0.524. The van der Waals surface area contributed by atoms with Crippen molar-refractivity contribution in [3.05, 3.63) is 12.7 Å². The van der Waals surface area contributed by atoms with Crippen LogP contribution in [0.3, 0.4) is 0 Å². The van der Waals surface area contributed by atoms with E-state index in [9.17, 15) is 4.79 Å². The maximum atomic E-state index is 10.7. The molecule has 0 bridgehead atoms. The second-order valence-corrected chi connectivity index (χ2v) is 2.66. The Hall–Kier alpha value is -0.830. The van der Waals surface area contributed by atoms with Gasteiger partial charge in [0.25, 0.3) is 0 Å². The van der Waals surface area contributed by atoms with Crippen molar-refractivity contribution in [2.75, 3.05) is 6.54 Å². The lowest BCUT2D eigenvalue weighted by Crippen LogP contribution is -2.48. The van der Waals surface area contributed by atoms with Gasteiger partial charge in [-0.15, -0.1) is 6.58 Å². The molecule has 0 saturated carbocycles. The van der Waals surface area contributed by atoms with Crippen molar-refractivity contribution in [1.82, 2.24) is 5.32 Å². The highest BCUT2D eigenvalue weighted by molar-refractivity contribution is 5.78. The van der Waals surface area contributed by atoms with Crippen molar-refractivity contribution in [1.29, 1.82) is 0 Å². The van der Waals surface area contributed by atoms with Gasteiger partial charge in [-0.2, -0.15) is 0 Å². The first-order valence-electron chi connectivity index (χ1n) is 3.66. The second kappa shape index (κ2) is 4.13. The third-order valence-electron chi connectivity index (χ3n) is 1.82. The fourth-order valence-corrected chi connectivity index (χ4v) is 0.649. The molecule has 0 aliphatic rings. The lowest BCUT2D eigenvalue weighted by atomic mass is 9.99. The van der Waals surface area contributed by atoms with Crippen LogP contribution in [0.5, 0.6) is 0 Å². The molecule has 64 valence electrons. The molecule has 1 atom stereocenters. The Bertz CT molecular complexity index is 156. The molecule has 0 heterocycles. The molecule has 0 amide bonds. The van der Waals surface area contributed by atoms with E-state index < -0.39 is 11.5 Å². The van der Waals surface area contributed by atoms with Crippen molar-refractivity contribution in [2.24, 2.45) is 0 Å². The van der Waals surface area contributed by atoms with E-state index >= 15 is 0 Å². The average Bonchev–Trinajstić information content (AvgIpc) is 2.00. The molecule has 11 heavy (non-hydrogen) atoms. The number of hydrogen-bond acceptors (Lipinski definition) is 2. The van der Waals surface area contributed by atoms with Gasteiger partial charge in [-0.05, 0) is 13.3 Å². The number of carboxylic acid groups (broad SMARTS) is 1. The predicted octanol–water partition coefficient (Wildman–Crippen LogP) is 1.02. The minimum Gasteiger partial charge on any atom is -0.480 e. The lowest BCUT2D eigenvalue weighted by molar-refractivity contribution is -0.144. The highest BCUT2D eigenvalue weighted by Crippen LogP contribution is 2.08. The summed E-state index contributed by atoms with van der Waals surface area (Å²) in [6, 6.07) is 0. The van der Waals surface area contributed by atoms with Crippen LogP contribution in [0.1, 0.15) is 20.3 Å². The van der Waals surface area contributed by atoms with Crippen LogP contribution in [0, 0.1) is 0 Å². The topological polar surface area (TPSA) is 49.3 Å². The van der Waals surface area contributed by atoms with Crippen molar-refractivity contribution in [3.8, 4) is 0 Å². The first kappa shape index (κ1) is 10.2. The largest absolute Gasteiger partial charge is 0.480 e. The molecule has 0 aromatic rings. The molecule has 0 aliphatic carbocycles. The number of nitrogens with one attached hydrogen (secondary N) is 1. The third-order valence-corrected chi connectivity index (χ3v) is 1.82. The van der Waals surface area contributed by atoms with Gasteiger partial charge < -0.3 is 5.11 Å². The second-order valence-electron chi connectivity index (χ2n) is 2.66. The van der Waals surface area contributed by atoms with Crippen LogP contribution < -0.4 is 5.32 Å². The molecule has 0 radical (unpaired) electrons. The molecule has 0 aromatic carbocycles. The summed E-state index contributed by atoms with van der Waals surface area (Å²) in [6.07, 6.45) is 2.22. The van der Waals surface area contributed by atoms with Crippen LogP contribution in [0.25, 0.3) is 0 Å². The zero-order chi connectivity index (χ0) is 8.91. The molecule has 0 saturated heterocycles. The maximum Gasteiger partial charge on any atom is 0.323 e. The van der Waals surface area contributed by atoms with Gasteiger partial charge in [0.2, 0.25) is 0 Å². The lowest BCUT2D eigenvalue weighted by Gasteiger charge is -2.23. The molecule has 1 unspecified atom stereocenters. The average molecular weight is 157 g/mol. The van der Waals surface area contributed by atoms with Crippen molar-refractivity contribution < 1.29 is 9.90 Å². The number of carbonyl (C=O) groups is 1. The van der Waals surface area contributed by atoms with Crippen molar-refractivity contribution in [3.63, 3.8) is 0 Å². The van der Waals surface area contributed by atoms with Crippen LogP contribution in [-0.4, -0.2) is 23.2 Å². The molecule has 0 fully saturated rings. The highest BCUT2D eigenvalue weighted by atomic mass is 16.4. The van der Waals surface area contributed by atoms with E-state index in [1.807, 2.05) is 6.92 Å². The molecule has 0 aliphatic heterocycles. The van der Waals surface area contributed by atoms with Gasteiger partial charge in [-0.25, -0.2) is 0 Å². The zero-order valence-corrected chi connectivity index (χ0v) is 7.05. The standard InChI is InChI=1S/C8H15NO2/c1-4-6-9-8(3,5-2)7(10)11/h4,9H,1,5-6H2,2-3H3,(H,10,11). The van der Waals surface area contributed by atoms with Gasteiger partial charge in [0.15, 0.2) is 0 Å². The first-order chi connectivity index (χ1) is 5.06. The molecular formula is C8H15NO2. The molecule has 0 spiro atoms. The quantitative estimate of drug-likeness (QED) is 0.586. The number of carboxylic acids is 1. The maximum absolute atomic E-state index is 10.7. The molecular weight excluding hydrogens is 142 g/mol. The van der Waals surface area contributed by atoms with E-state index in [2.05, 4.69) is 11.9 Å². The Labute approximate surface area is 67.1 Å².